The molecule has 2 aromatic heterocycles. The molecule has 1 saturated carbocycles. The van der Waals surface area contributed by atoms with Gasteiger partial charge in [0.15, 0.2) is 5.78 Å². The minimum absolute atomic E-state index is 0.0694. The van der Waals surface area contributed by atoms with Gasteiger partial charge in [0.05, 0.1) is 22.7 Å². The standard InChI is InChI=1S/C25H25ClFN5O4/c1-13(33)11-36-21-8-20(32(2)31-21)25(35)9-15-5-14(6-16(15)10-25)22-23(29-12-28-22)24(34)30-17-3-4-19(27)18(26)7-17/h3-5,7-8,12,15-16,35H,6,9-11H2,1-2H3,(H,28,29)(H,30,34)/t15-,16+,25+/m0/s1. The van der Waals surface area contributed by atoms with E-state index in [1.807, 2.05) is 0 Å². The van der Waals surface area contributed by atoms with Crippen LogP contribution in [0, 0.1) is 17.7 Å². The van der Waals surface area contributed by atoms with Gasteiger partial charge in [0, 0.05) is 18.8 Å². The Kier molecular flexibility index (Phi) is 6.17. The number of nitrogens with one attached hydrogen (secondary N) is 2. The van der Waals surface area contributed by atoms with Crippen LogP contribution in [0.2, 0.25) is 5.02 Å². The summed E-state index contributed by atoms with van der Waals surface area (Å²) in [5.74, 6) is -0.506. The average Bonchev–Trinajstić information content (AvgIpc) is 3.57. The third kappa shape index (κ3) is 4.54. The summed E-state index contributed by atoms with van der Waals surface area (Å²) in [5, 5.41) is 18.4. The Balaban J connectivity index is 1.31. The number of hydrogen-bond donors (Lipinski definition) is 3. The smallest absolute Gasteiger partial charge is 0.274 e. The molecule has 9 nitrogen and oxygen atoms in total. The molecule has 36 heavy (non-hydrogen) atoms. The maximum atomic E-state index is 13.4. The van der Waals surface area contributed by atoms with Crippen LogP contribution in [0.4, 0.5) is 10.1 Å². The number of aliphatic hydroxyl groups is 1. The average molecular weight is 514 g/mol. The molecule has 1 fully saturated rings. The summed E-state index contributed by atoms with van der Waals surface area (Å²) in [6.45, 7) is 1.37. The zero-order chi connectivity index (χ0) is 25.6. The van der Waals surface area contributed by atoms with Gasteiger partial charge >= 0.3 is 0 Å². The third-order valence-corrected chi connectivity index (χ3v) is 7.07. The summed E-state index contributed by atoms with van der Waals surface area (Å²) in [6.07, 6.45) is 5.21. The van der Waals surface area contributed by atoms with Crippen molar-refractivity contribution in [3.05, 3.63) is 64.6 Å². The first kappa shape index (κ1) is 24.2. The molecule has 11 heteroatoms. The maximum Gasteiger partial charge on any atom is 0.274 e. The van der Waals surface area contributed by atoms with Crippen molar-refractivity contribution in [2.24, 2.45) is 18.9 Å². The van der Waals surface area contributed by atoms with Gasteiger partial charge in [0.25, 0.3) is 5.91 Å². The summed E-state index contributed by atoms with van der Waals surface area (Å²) in [4.78, 5) is 31.4. The number of aryl methyl sites for hydroxylation is 1. The Labute approximate surface area is 211 Å². The highest BCUT2D eigenvalue weighted by atomic mass is 35.5. The molecular weight excluding hydrogens is 489 g/mol. The Morgan fingerprint density at radius 2 is 2.17 bits per heavy atom. The van der Waals surface area contributed by atoms with Crippen molar-refractivity contribution >= 4 is 34.6 Å². The van der Waals surface area contributed by atoms with E-state index in [4.69, 9.17) is 16.3 Å². The number of carbonyl (C=O) groups is 2. The SMILES string of the molecule is CC(=O)COc1cc([C@]2(O)C[C@H]3CC(c4nc[nH]c4C(=O)Nc4ccc(F)c(Cl)c4)=C[C@H]3C2)n(C)n1. The summed E-state index contributed by atoms with van der Waals surface area (Å²) in [5.41, 5.74) is 1.73. The molecule has 0 radical (unpaired) electrons. The number of Topliss-reactive ketones (excluding diaryl/α,β-unsaturated/α-hetero) is 1. The van der Waals surface area contributed by atoms with Gasteiger partial charge in [-0.05, 0) is 61.8 Å². The molecular formula is C25H25ClFN5O4. The van der Waals surface area contributed by atoms with E-state index < -0.39 is 17.3 Å². The number of imidazole rings is 1. The van der Waals surface area contributed by atoms with Crippen molar-refractivity contribution in [1.82, 2.24) is 19.7 Å². The van der Waals surface area contributed by atoms with Gasteiger partial charge in [-0.25, -0.2) is 9.37 Å². The maximum absolute atomic E-state index is 13.4. The predicted octanol–water partition coefficient (Wildman–Crippen LogP) is 3.86. The van der Waals surface area contributed by atoms with E-state index in [0.29, 0.717) is 47.9 Å². The molecule has 0 spiro atoms. The fourth-order valence-electron chi connectivity index (χ4n) is 5.24. The summed E-state index contributed by atoms with van der Waals surface area (Å²) in [6, 6.07) is 5.66. The second kappa shape index (κ2) is 9.18. The van der Waals surface area contributed by atoms with Gasteiger partial charge in [-0.2, -0.15) is 0 Å². The molecule has 5 rings (SSSR count). The Bertz CT molecular complexity index is 1380. The third-order valence-electron chi connectivity index (χ3n) is 6.78. The Morgan fingerprint density at radius 1 is 1.36 bits per heavy atom. The van der Waals surface area contributed by atoms with Gasteiger partial charge in [0.1, 0.15) is 23.7 Å². The molecule has 2 aliphatic rings. The van der Waals surface area contributed by atoms with Crippen molar-refractivity contribution in [1.29, 1.82) is 0 Å². The number of rotatable bonds is 7. The topological polar surface area (TPSA) is 122 Å². The number of amides is 1. The first-order valence-electron chi connectivity index (χ1n) is 11.5. The van der Waals surface area contributed by atoms with Gasteiger partial charge < -0.3 is 20.1 Å². The van der Waals surface area contributed by atoms with Crippen LogP contribution >= 0.6 is 11.6 Å². The van der Waals surface area contributed by atoms with E-state index in [1.54, 1.807) is 17.8 Å². The number of nitrogens with zero attached hydrogens (tertiary/aromatic N) is 3. The van der Waals surface area contributed by atoms with E-state index >= 15 is 0 Å². The fraction of sp³-hybridized carbons (Fsp3) is 0.360. The number of ketones is 1. The number of hydrogen-bond acceptors (Lipinski definition) is 6. The van der Waals surface area contributed by atoms with E-state index in [0.717, 1.165) is 5.57 Å². The highest BCUT2D eigenvalue weighted by Crippen LogP contribution is 2.53. The molecule has 0 aliphatic heterocycles. The number of aromatic amines is 1. The lowest BCUT2D eigenvalue weighted by Gasteiger charge is -2.23. The van der Waals surface area contributed by atoms with E-state index in [1.165, 1.54) is 31.5 Å². The van der Waals surface area contributed by atoms with Gasteiger partial charge in [-0.15, -0.1) is 5.10 Å². The van der Waals surface area contributed by atoms with Gasteiger partial charge in [0.2, 0.25) is 5.88 Å². The van der Waals surface area contributed by atoms with Crippen LogP contribution in [-0.2, 0) is 17.4 Å². The Hall–Kier alpha value is -3.50. The summed E-state index contributed by atoms with van der Waals surface area (Å²) in [7, 11) is 1.74. The predicted molar refractivity (Wildman–Crippen MR) is 130 cm³/mol. The largest absolute Gasteiger partial charge is 0.469 e. The van der Waals surface area contributed by atoms with Crippen molar-refractivity contribution in [3.63, 3.8) is 0 Å². The molecule has 0 bridgehead atoms. The zero-order valence-electron chi connectivity index (χ0n) is 19.7. The lowest BCUT2D eigenvalue weighted by atomic mass is 9.93. The number of ether oxygens (including phenoxy) is 1. The molecule has 0 unspecified atom stereocenters. The number of carbonyl (C=O) groups excluding carboxylic acids is 2. The molecule has 188 valence electrons. The van der Waals surface area contributed by atoms with E-state index in [2.05, 4.69) is 26.5 Å². The van der Waals surface area contributed by atoms with Crippen molar-refractivity contribution in [2.75, 3.05) is 11.9 Å². The number of fused-ring (bicyclic) bond motifs is 1. The molecule has 2 heterocycles. The Morgan fingerprint density at radius 3 is 2.89 bits per heavy atom. The molecule has 2 aliphatic carbocycles. The highest BCUT2D eigenvalue weighted by Gasteiger charge is 2.49. The quantitative estimate of drug-likeness (QED) is 0.441. The van der Waals surface area contributed by atoms with Gasteiger partial charge in [-0.3, -0.25) is 14.3 Å². The van der Waals surface area contributed by atoms with Crippen molar-refractivity contribution < 1.29 is 23.8 Å². The second-order valence-corrected chi connectivity index (χ2v) is 9.86. The number of allylic oxidation sites excluding steroid dienone is 2. The number of benzene rings is 1. The molecule has 3 aromatic rings. The van der Waals surface area contributed by atoms with Crippen molar-refractivity contribution in [2.45, 2.75) is 31.8 Å². The first-order chi connectivity index (χ1) is 17.1. The number of aromatic nitrogens is 4. The van der Waals surface area contributed by atoms with Crippen LogP contribution < -0.4 is 10.1 Å². The molecule has 3 atom stereocenters. The second-order valence-electron chi connectivity index (χ2n) is 9.45. The molecule has 1 aromatic carbocycles. The molecule has 0 saturated heterocycles. The summed E-state index contributed by atoms with van der Waals surface area (Å²) >= 11 is 5.82. The normalized spacial score (nSPS) is 22.9. The number of H-pyrrole nitrogens is 1. The van der Waals surface area contributed by atoms with Crippen LogP contribution in [-0.4, -0.2) is 43.2 Å². The van der Waals surface area contributed by atoms with Crippen LogP contribution in [0.3, 0.4) is 0 Å². The minimum atomic E-state index is -1.08. The monoisotopic (exact) mass is 513 g/mol. The van der Waals surface area contributed by atoms with E-state index in [-0.39, 0.29) is 29.2 Å². The fourth-order valence-corrected chi connectivity index (χ4v) is 5.42. The lowest BCUT2D eigenvalue weighted by Crippen LogP contribution is -2.25. The minimum Gasteiger partial charge on any atom is -0.469 e. The first-order valence-corrected chi connectivity index (χ1v) is 11.9. The molecule has 3 N–H and O–H groups in total. The highest BCUT2D eigenvalue weighted by molar-refractivity contribution is 6.31. The molecule has 1 amide bonds. The van der Waals surface area contributed by atoms with Gasteiger partial charge in [-0.1, -0.05) is 17.7 Å². The zero-order valence-corrected chi connectivity index (χ0v) is 20.5. The lowest BCUT2D eigenvalue weighted by molar-refractivity contribution is -0.119. The number of halogens is 2. The van der Waals surface area contributed by atoms with Crippen molar-refractivity contribution in [3.8, 4) is 5.88 Å². The summed E-state index contributed by atoms with van der Waals surface area (Å²) < 4.78 is 20.4. The number of anilines is 1. The van der Waals surface area contributed by atoms with Crippen LogP contribution in [0.5, 0.6) is 5.88 Å². The van der Waals surface area contributed by atoms with Crippen LogP contribution in [0.15, 0.2) is 36.7 Å². The van der Waals surface area contributed by atoms with Crippen LogP contribution in [0.1, 0.15) is 48.1 Å². The van der Waals surface area contributed by atoms with E-state index in [9.17, 15) is 19.1 Å². The van der Waals surface area contributed by atoms with Crippen LogP contribution in [0.25, 0.3) is 5.57 Å².